The minimum Gasteiger partial charge on any atom is -0.497 e. The molecule has 1 aliphatic carbocycles. The van der Waals surface area contributed by atoms with E-state index in [1.807, 2.05) is 0 Å². The number of carbonyl (C=O) groups is 2. The maximum absolute atomic E-state index is 12.8. The van der Waals surface area contributed by atoms with E-state index in [2.05, 4.69) is 15.4 Å². The van der Waals surface area contributed by atoms with Crippen LogP contribution in [-0.4, -0.2) is 40.4 Å². The lowest BCUT2D eigenvalue weighted by molar-refractivity contribution is -0.125. The van der Waals surface area contributed by atoms with E-state index >= 15 is 0 Å². The molecular formula is C24H31N3O5S. The monoisotopic (exact) mass is 473 g/mol. The van der Waals surface area contributed by atoms with Gasteiger partial charge in [-0.25, -0.2) is 8.42 Å². The van der Waals surface area contributed by atoms with Gasteiger partial charge in [0.1, 0.15) is 5.75 Å². The quantitative estimate of drug-likeness (QED) is 0.484. The summed E-state index contributed by atoms with van der Waals surface area (Å²) in [5, 5.41) is 5.63. The first-order valence-electron chi connectivity index (χ1n) is 11.1. The number of ether oxygens (including phenoxy) is 1. The molecule has 3 rings (SSSR count). The Morgan fingerprint density at radius 1 is 0.970 bits per heavy atom. The van der Waals surface area contributed by atoms with Crippen LogP contribution in [0.15, 0.2) is 47.4 Å². The minimum atomic E-state index is -3.88. The van der Waals surface area contributed by atoms with Gasteiger partial charge in [-0.3, -0.25) is 14.3 Å². The predicted molar refractivity (Wildman–Crippen MR) is 127 cm³/mol. The molecule has 1 saturated carbocycles. The van der Waals surface area contributed by atoms with Gasteiger partial charge >= 0.3 is 0 Å². The number of nitrogens with one attached hydrogen (secondary N) is 3. The summed E-state index contributed by atoms with van der Waals surface area (Å²) >= 11 is 0. The van der Waals surface area contributed by atoms with Gasteiger partial charge in [-0.2, -0.15) is 0 Å². The molecule has 0 radical (unpaired) electrons. The van der Waals surface area contributed by atoms with Crippen LogP contribution >= 0.6 is 0 Å². The molecule has 178 valence electrons. The Morgan fingerprint density at radius 2 is 1.64 bits per heavy atom. The van der Waals surface area contributed by atoms with Crippen molar-refractivity contribution >= 4 is 27.5 Å². The van der Waals surface area contributed by atoms with Crippen LogP contribution in [0.2, 0.25) is 0 Å². The normalized spacial score (nSPS) is 14.4. The fraction of sp³-hybridized carbons (Fsp3) is 0.417. The van der Waals surface area contributed by atoms with Gasteiger partial charge in [-0.1, -0.05) is 25.3 Å². The summed E-state index contributed by atoms with van der Waals surface area (Å²) in [4.78, 5) is 24.9. The third kappa shape index (κ3) is 6.71. The Morgan fingerprint density at radius 3 is 2.30 bits per heavy atom. The van der Waals surface area contributed by atoms with Gasteiger partial charge in [0.2, 0.25) is 5.91 Å². The second-order valence-corrected chi connectivity index (χ2v) is 9.87. The smallest absolute Gasteiger partial charge is 0.261 e. The summed E-state index contributed by atoms with van der Waals surface area (Å²) in [7, 11) is -2.35. The van der Waals surface area contributed by atoms with Crippen molar-refractivity contribution in [2.24, 2.45) is 5.92 Å². The summed E-state index contributed by atoms with van der Waals surface area (Å²) in [6.07, 6.45) is 5.19. The molecule has 0 unspecified atom stereocenters. The lowest BCUT2D eigenvalue weighted by Gasteiger charge is -2.20. The summed E-state index contributed by atoms with van der Waals surface area (Å²) in [5.74, 6) is 0.331. The molecule has 8 nitrogen and oxygen atoms in total. The van der Waals surface area contributed by atoms with Gasteiger partial charge in [0.15, 0.2) is 0 Å². The van der Waals surface area contributed by atoms with E-state index in [1.165, 1.54) is 25.7 Å². The maximum atomic E-state index is 12.8. The molecule has 0 aromatic heterocycles. The van der Waals surface area contributed by atoms with Gasteiger partial charge in [0, 0.05) is 30.3 Å². The zero-order valence-corrected chi connectivity index (χ0v) is 19.8. The molecule has 3 N–H and O–H groups in total. The second-order valence-electron chi connectivity index (χ2n) is 8.19. The highest BCUT2D eigenvalue weighted by molar-refractivity contribution is 7.92. The number of hydrogen-bond acceptors (Lipinski definition) is 5. The lowest BCUT2D eigenvalue weighted by Crippen LogP contribution is -2.38. The largest absolute Gasteiger partial charge is 0.497 e. The number of amides is 2. The van der Waals surface area contributed by atoms with Gasteiger partial charge in [0.25, 0.3) is 15.9 Å². The molecule has 1 fully saturated rings. The fourth-order valence-corrected chi connectivity index (χ4v) is 4.94. The number of anilines is 1. The minimum absolute atomic E-state index is 0.0142. The molecule has 2 aromatic carbocycles. The first-order valence-corrected chi connectivity index (χ1v) is 12.6. The highest BCUT2D eigenvalue weighted by atomic mass is 32.2. The highest BCUT2D eigenvalue weighted by Gasteiger charge is 2.21. The number of benzene rings is 2. The van der Waals surface area contributed by atoms with Crippen molar-refractivity contribution in [3.05, 3.63) is 53.6 Å². The Kier molecular flexibility index (Phi) is 8.32. The molecule has 0 spiro atoms. The SMILES string of the molecule is COc1ccc(NS(=O)(=O)c2ccc(C)c(C(=O)NCCNC(=O)C3CCCCC3)c2)cc1. The number of hydrogen-bond donors (Lipinski definition) is 3. The Hall–Kier alpha value is -3.07. The predicted octanol–water partition coefficient (Wildman–Crippen LogP) is 3.23. The molecule has 0 bridgehead atoms. The number of sulfonamides is 1. The molecule has 1 aliphatic rings. The molecular weight excluding hydrogens is 442 g/mol. The zero-order valence-electron chi connectivity index (χ0n) is 19.0. The summed E-state index contributed by atoms with van der Waals surface area (Å²) in [6.45, 7) is 2.34. The molecule has 0 aliphatic heterocycles. The van der Waals surface area contributed by atoms with E-state index in [9.17, 15) is 18.0 Å². The summed E-state index contributed by atoms with van der Waals surface area (Å²) in [5.41, 5.74) is 1.31. The van der Waals surface area contributed by atoms with Gasteiger partial charge < -0.3 is 15.4 Å². The average molecular weight is 474 g/mol. The Bertz CT molecular complexity index is 1080. The first kappa shape index (κ1) is 24.6. The maximum Gasteiger partial charge on any atom is 0.261 e. The molecule has 0 atom stereocenters. The van der Waals surface area contributed by atoms with E-state index in [0.717, 1.165) is 25.7 Å². The second kappa shape index (κ2) is 11.2. The van der Waals surface area contributed by atoms with Crippen molar-refractivity contribution in [3.63, 3.8) is 0 Å². The number of carbonyl (C=O) groups excluding carboxylic acids is 2. The van der Waals surface area contributed by atoms with Crippen LogP contribution in [0.25, 0.3) is 0 Å². The first-order chi connectivity index (χ1) is 15.8. The summed E-state index contributed by atoms with van der Waals surface area (Å²) < 4.78 is 33.2. The number of methoxy groups -OCH3 is 1. The van der Waals surface area contributed by atoms with Crippen LogP contribution in [0.5, 0.6) is 5.75 Å². The topological polar surface area (TPSA) is 114 Å². The lowest BCUT2D eigenvalue weighted by atomic mass is 9.89. The van der Waals surface area contributed by atoms with Gasteiger partial charge in [-0.15, -0.1) is 0 Å². The van der Waals surface area contributed by atoms with E-state index in [1.54, 1.807) is 37.3 Å². The molecule has 9 heteroatoms. The highest BCUT2D eigenvalue weighted by Crippen LogP contribution is 2.23. The Labute approximate surface area is 195 Å². The van der Waals surface area contributed by atoms with E-state index in [4.69, 9.17) is 4.74 Å². The van der Waals surface area contributed by atoms with Crippen molar-refractivity contribution in [2.75, 3.05) is 24.9 Å². The third-order valence-electron chi connectivity index (χ3n) is 5.79. The van der Waals surface area contributed by atoms with Crippen LogP contribution in [0, 0.1) is 12.8 Å². The van der Waals surface area contributed by atoms with Crippen molar-refractivity contribution in [3.8, 4) is 5.75 Å². The van der Waals surface area contributed by atoms with E-state index < -0.39 is 10.0 Å². The number of aryl methyl sites for hydroxylation is 1. The number of rotatable bonds is 9. The van der Waals surface area contributed by atoms with Gasteiger partial charge in [0.05, 0.1) is 12.0 Å². The average Bonchev–Trinajstić information content (AvgIpc) is 2.82. The molecule has 33 heavy (non-hydrogen) atoms. The van der Waals surface area contributed by atoms with Crippen molar-refractivity contribution in [2.45, 2.75) is 43.9 Å². The third-order valence-corrected chi connectivity index (χ3v) is 7.17. The fourth-order valence-electron chi connectivity index (χ4n) is 3.85. The zero-order chi connectivity index (χ0) is 23.8. The molecule has 2 amide bonds. The van der Waals surface area contributed by atoms with E-state index in [0.29, 0.717) is 23.5 Å². The molecule has 0 saturated heterocycles. The van der Waals surface area contributed by atoms with E-state index in [-0.39, 0.29) is 34.7 Å². The standard InChI is InChI=1S/C24H31N3O5S/c1-17-8-13-21(33(30,31)27-19-9-11-20(32-2)12-10-19)16-22(17)24(29)26-15-14-25-23(28)18-6-4-3-5-7-18/h8-13,16,18,27H,3-7,14-15H2,1-2H3,(H,25,28)(H,26,29). The van der Waals surface area contributed by atoms with Gasteiger partial charge in [-0.05, 0) is 61.7 Å². The van der Waals surface area contributed by atoms with Crippen molar-refractivity contribution < 1.29 is 22.7 Å². The van der Waals surface area contributed by atoms with Crippen molar-refractivity contribution in [1.29, 1.82) is 0 Å². The molecule has 2 aromatic rings. The van der Waals surface area contributed by atoms with Crippen LogP contribution in [0.3, 0.4) is 0 Å². The van der Waals surface area contributed by atoms with Crippen LogP contribution in [-0.2, 0) is 14.8 Å². The van der Waals surface area contributed by atoms with Crippen LogP contribution < -0.4 is 20.1 Å². The Balaban J connectivity index is 1.58. The van der Waals surface area contributed by atoms with Crippen molar-refractivity contribution in [1.82, 2.24) is 10.6 Å². The molecule has 0 heterocycles. The van der Waals surface area contributed by atoms with Crippen LogP contribution in [0.1, 0.15) is 48.0 Å². The van der Waals surface area contributed by atoms with Crippen LogP contribution in [0.4, 0.5) is 5.69 Å². The summed E-state index contributed by atoms with van der Waals surface area (Å²) in [6, 6.07) is 10.9.